The lowest BCUT2D eigenvalue weighted by molar-refractivity contribution is -0.144. The van der Waals surface area contributed by atoms with E-state index in [1.165, 1.54) is 11.3 Å². The van der Waals surface area contributed by atoms with Gasteiger partial charge in [0.1, 0.15) is 11.0 Å². The molecule has 0 radical (unpaired) electrons. The Labute approximate surface area is 291 Å². The van der Waals surface area contributed by atoms with Crippen molar-refractivity contribution in [1.82, 2.24) is 25.4 Å². The van der Waals surface area contributed by atoms with Gasteiger partial charge < -0.3 is 25.2 Å². The maximum Gasteiger partial charge on any atom is 0.245 e. The second-order valence-corrected chi connectivity index (χ2v) is 14.7. The van der Waals surface area contributed by atoms with Gasteiger partial charge in [0, 0.05) is 51.2 Å². The average molecular weight is 684 g/mol. The number of carbonyl (C=O) groups excluding carboxylic acids is 4. The van der Waals surface area contributed by atoms with Gasteiger partial charge in [-0.25, -0.2) is 4.98 Å². The van der Waals surface area contributed by atoms with E-state index in [4.69, 9.17) is 4.74 Å². The lowest BCUT2D eigenvalue weighted by atomic mass is 9.96. The van der Waals surface area contributed by atoms with Crippen LogP contribution in [0.1, 0.15) is 103 Å². The van der Waals surface area contributed by atoms with Crippen LogP contribution < -0.4 is 10.6 Å². The maximum atomic E-state index is 13.8. The number of nitrogens with one attached hydrogen (secondary N) is 2. The van der Waals surface area contributed by atoms with E-state index in [-0.39, 0.29) is 60.0 Å². The molecule has 3 rings (SSSR count). The van der Waals surface area contributed by atoms with E-state index in [0.717, 1.165) is 29.8 Å². The highest BCUT2D eigenvalue weighted by Gasteiger charge is 2.37. The molecule has 10 nitrogen and oxygen atoms in total. The summed E-state index contributed by atoms with van der Waals surface area (Å²) in [4.78, 5) is 61.4. The fourth-order valence-electron chi connectivity index (χ4n) is 6.57. The van der Waals surface area contributed by atoms with Crippen LogP contribution in [0, 0.1) is 11.8 Å². The third-order valence-electron chi connectivity index (χ3n) is 9.15. The second-order valence-electron chi connectivity index (χ2n) is 13.8. The Kier molecular flexibility index (Phi) is 16.0. The molecular weight excluding hydrogens is 627 g/mol. The molecule has 0 saturated carbocycles. The number of aromatic nitrogens is 1. The highest BCUT2D eigenvalue weighted by atomic mass is 32.1. The summed E-state index contributed by atoms with van der Waals surface area (Å²) in [6.07, 6.45) is 6.48. The van der Waals surface area contributed by atoms with Crippen LogP contribution in [0.5, 0.6) is 0 Å². The number of methoxy groups -OCH3 is 1. The van der Waals surface area contributed by atoms with Crippen LogP contribution in [0.3, 0.4) is 0 Å². The summed E-state index contributed by atoms with van der Waals surface area (Å²) < 4.78 is 5.90. The lowest BCUT2D eigenvalue weighted by Gasteiger charge is -2.37. The van der Waals surface area contributed by atoms with E-state index >= 15 is 0 Å². The molecule has 1 fully saturated rings. The summed E-state index contributed by atoms with van der Waals surface area (Å²) in [5.74, 6) is -0.307. The third-order valence-corrected chi connectivity index (χ3v) is 10.0. The van der Waals surface area contributed by atoms with E-state index in [1.54, 1.807) is 25.3 Å². The molecule has 2 aromatic rings. The fraction of sp³-hybridized carbons (Fsp3) is 0.649. The topological polar surface area (TPSA) is 121 Å². The third kappa shape index (κ3) is 11.7. The lowest BCUT2D eigenvalue weighted by Crippen LogP contribution is -2.56. The van der Waals surface area contributed by atoms with E-state index in [1.807, 2.05) is 63.1 Å². The highest BCUT2D eigenvalue weighted by molar-refractivity contribution is 7.09. The molecule has 2 heterocycles. The van der Waals surface area contributed by atoms with Gasteiger partial charge in [-0.05, 0) is 49.5 Å². The molecule has 11 heteroatoms. The van der Waals surface area contributed by atoms with E-state index in [0.29, 0.717) is 38.6 Å². The van der Waals surface area contributed by atoms with Crippen LogP contribution in [0.2, 0.25) is 0 Å². The second kappa shape index (κ2) is 19.6. The summed E-state index contributed by atoms with van der Waals surface area (Å²) in [5.41, 5.74) is 1.13. The molecule has 1 aliphatic heterocycles. The quantitative estimate of drug-likeness (QED) is 0.201. The van der Waals surface area contributed by atoms with Gasteiger partial charge in [-0.15, -0.1) is 11.3 Å². The minimum absolute atomic E-state index is 0.0258. The zero-order chi connectivity index (χ0) is 35.2. The van der Waals surface area contributed by atoms with Gasteiger partial charge in [-0.3, -0.25) is 19.2 Å². The maximum absolute atomic E-state index is 13.8. The predicted octanol–water partition coefficient (Wildman–Crippen LogP) is 5.53. The predicted molar refractivity (Wildman–Crippen MR) is 190 cm³/mol. The molecular formula is C37H57N5O5S. The zero-order valence-electron chi connectivity index (χ0n) is 29.9. The molecule has 1 aromatic heterocycles. The van der Waals surface area contributed by atoms with Gasteiger partial charge in [-0.2, -0.15) is 0 Å². The van der Waals surface area contributed by atoms with Crippen LogP contribution in [0.15, 0.2) is 41.9 Å². The smallest absolute Gasteiger partial charge is 0.245 e. The van der Waals surface area contributed by atoms with Crippen molar-refractivity contribution in [2.75, 3.05) is 20.7 Å². The van der Waals surface area contributed by atoms with Crippen molar-refractivity contribution in [3.05, 3.63) is 52.5 Å². The molecule has 5 unspecified atom stereocenters. The normalized spacial score (nSPS) is 17.2. The van der Waals surface area contributed by atoms with E-state index < -0.39 is 12.1 Å². The molecule has 2 N–H and O–H groups in total. The Hall–Kier alpha value is -3.31. The number of likely N-dealkylation sites (tertiary alicyclic amines) is 1. The van der Waals surface area contributed by atoms with E-state index in [2.05, 4.69) is 27.8 Å². The SMILES string of the molecule is CCCC(C(CC(=O)N1CCCC1CCC(=O)NC(Cc1ccccc1)c1nccs1)OC)N(C)C(=O)C(NC(=O)CC(C)C)C(C)C. The molecule has 0 spiro atoms. The van der Waals surface area contributed by atoms with Gasteiger partial charge in [0.25, 0.3) is 0 Å². The number of benzene rings is 1. The Bertz CT molecular complexity index is 1290. The van der Waals surface area contributed by atoms with Gasteiger partial charge in [0.2, 0.25) is 23.6 Å². The standard InChI is InChI=1S/C37H57N5O5S/c1-8-13-30(41(6)37(46)35(26(4)5)40-33(44)22-25(2)3)31(47-7)24-34(45)42-20-12-16-28(42)17-18-32(43)39-29(36-38-19-21-48-36)23-27-14-10-9-11-15-27/h9-11,14-15,19,21,25-26,28-31,35H,8,12-13,16-18,20,22-24H2,1-7H3,(H,39,43)(H,40,44). The molecule has 266 valence electrons. The van der Waals surface area contributed by atoms with Gasteiger partial charge >= 0.3 is 0 Å². The molecule has 0 aliphatic carbocycles. The van der Waals surface area contributed by atoms with Crippen molar-refractivity contribution < 1.29 is 23.9 Å². The van der Waals surface area contributed by atoms with Crippen molar-refractivity contribution in [3.63, 3.8) is 0 Å². The molecule has 48 heavy (non-hydrogen) atoms. The summed E-state index contributed by atoms with van der Waals surface area (Å²) in [6.45, 7) is 10.5. The number of amides is 4. The van der Waals surface area contributed by atoms with E-state index in [9.17, 15) is 19.2 Å². The number of rotatable bonds is 19. The first-order valence-corrected chi connectivity index (χ1v) is 18.4. The summed E-state index contributed by atoms with van der Waals surface area (Å²) in [7, 11) is 3.33. The number of hydrogen-bond donors (Lipinski definition) is 2. The van der Waals surface area contributed by atoms with Crippen molar-refractivity contribution in [3.8, 4) is 0 Å². The van der Waals surface area contributed by atoms with Gasteiger partial charge in [0.05, 0.1) is 24.6 Å². The molecule has 1 aliphatic rings. The van der Waals surface area contributed by atoms with Gasteiger partial charge in [0.15, 0.2) is 0 Å². The Balaban J connectivity index is 1.62. The number of carbonyl (C=O) groups is 4. The minimum Gasteiger partial charge on any atom is -0.379 e. The van der Waals surface area contributed by atoms with Crippen LogP contribution in [0.25, 0.3) is 0 Å². The van der Waals surface area contributed by atoms with Crippen molar-refractivity contribution in [2.45, 2.75) is 123 Å². The number of ether oxygens (including phenoxy) is 1. The number of hydrogen-bond acceptors (Lipinski definition) is 7. The summed E-state index contributed by atoms with van der Waals surface area (Å²) in [6, 6.07) is 8.83. The summed E-state index contributed by atoms with van der Waals surface area (Å²) >= 11 is 1.53. The Morgan fingerprint density at radius 1 is 1.06 bits per heavy atom. The largest absolute Gasteiger partial charge is 0.379 e. The first-order chi connectivity index (χ1) is 22.9. The molecule has 5 atom stereocenters. The first kappa shape index (κ1) is 39.1. The Morgan fingerprint density at radius 2 is 1.79 bits per heavy atom. The molecule has 1 saturated heterocycles. The first-order valence-electron chi connectivity index (χ1n) is 17.6. The van der Waals surface area contributed by atoms with Crippen molar-refractivity contribution in [1.29, 1.82) is 0 Å². The highest BCUT2D eigenvalue weighted by Crippen LogP contribution is 2.26. The van der Waals surface area contributed by atoms with Crippen LogP contribution in [-0.4, -0.2) is 83.3 Å². The minimum atomic E-state index is -0.661. The zero-order valence-corrected chi connectivity index (χ0v) is 30.8. The monoisotopic (exact) mass is 683 g/mol. The number of thiazole rings is 1. The van der Waals surface area contributed by atoms with Crippen LogP contribution in [0.4, 0.5) is 0 Å². The molecule has 1 aromatic carbocycles. The number of likely N-dealkylation sites (N-methyl/N-ethyl adjacent to an activating group) is 1. The Morgan fingerprint density at radius 3 is 2.40 bits per heavy atom. The fourth-order valence-corrected chi connectivity index (χ4v) is 7.26. The average Bonchev–Trinajstić information content (AvgIpc) is 3.76. The van der Waals surface area contributed by atoms with Crippen molar-refractivity contribution >= 4 is 35.0 Å². The van der Waals surface area contributed by atoms with Crippen LogP contribution in [-0.2, 0) is 30.3 Å². The number of nitrogens with zero attached hydrogens (tertiary/aromatic N) is 3. The molecule has 4 amide bonds. The van der Waals surface area contributed by atoms with Crippen LogP contribution >= 0.6 is 11.3 Å². The van der Waals surface area contributed by atoms with Gasteiger partial charge in [-0.1, -0.05) is 71.4 Å². The van der Waals surface area contributed by atoms with Crippen molar-refractivity contribution in [2.24, 2.45) is 11.8 Å². The molecule has 0 bridgehead atoms. The summed E-state index contributed by atoms with van der Waals surface area (Å²) in [5, 5.41) is 8.93.